The first-order chi connectivity index (χ1) is 9.81. The molecule has 21 heavy (non-hydrogen) atoms. The zero-order chi connectivity index (χ0) is 16.0. The maximum Gasteiger partial charge on any atom is 0.335 e. The number of carbonyl (C=O) groups is 1. The molecule has 118 valence electrons. The monoisotopic (exact) mass is 314 g/mol. The van der Waals surface area contributed by atoms with Gasteiger partial charge in [0.1, 0.15) is 4.90 Å². The Labute approximate surface area is 125 Å². The molecule has 0 aliphatic heterocycles. The summed E-state index contributed by atoms with van der Waals surface area (Å²) < 4.78 is 26.8. The van der Waals surface area contributed by atoms with E-state index in [1.165, 1.54) is 18.2 Å². The van der Waals surface area contributed by atoms with Gasteiger partial charge in [-0.1, -0.05) is 20.3 Å². The Morgan fingerprint density at radius 1 is 1.33 bits per heavy atom. The fourth-order valence-electron chi connectivity index (χ4n) is 2.04. The van der Waals surface area contributed by atoms with Crippen LogP contribution in [0.1, 0.15) is 44.0 Å². The van der Waals surface area contributed by atoms with Gasteiger partial charge in [-0.05, 0) is 31.5 Å². The molecule has 0 aliphatic rings. The van der Waals surface area contributed by atoms with Crippen LogP contribution in [0.5, 0.6) is 0 Å². The summed E-state index contributed by atoms with van der Waals surface area (Å²) in [4.78, 5) is 11.0. The summed E-state index contributed by atoms with van der Waals surface area (Å²) in [5.41, 5.74) is 0.363. The average molecular weight is 314 g/mol. The minimum atomic E-state index is -3.73. The van der Waals surface area contributed by atoms with Crippen molar-refractivity contribution < 1.29 is 18.3 Å². The smallest absolute Gasteiger partial charge is 0.335 e. The predicted molar refractivity (Wildman–Crippen MR) is 82.3 cm³/mol. The second-order valence-corrected chi connectivity index (χ2v) is 6.59. The minimum Gasteiger partial charge on any atom is -0.478 e. The number of anilines is 1. The van der Waals surface area contributed by atoms with E-state index in [0.717, 1.165) is 12.8 Å². The molecule has 1 unspecified atom stereocenters. The molecule has 1 rings (SSSR count). The molecule has 7 heteroatoms. The highest BCUT2D eigenvalue weighted by Crippen LogP contribution is 2.24. The number of rotatable bonds is 8. The van der Waals surface area contributed by atoms with Crippen LogP contribution in [-0.2, 0) is 10.0 Å². The molecule has 0 saturated heterocycles. The summed E-state index contributed by atoms with van der Waals surface area (Å²) in [5.74, 6) is -1.16. The number of carboxylic acids is 1. The number of hydrogen-bond donors (Lipinski definition) is 3. The summed E-state index contributed by atoms with van der Waals surface area (Å²) in [5, 5.41) is 12.2. The molecular formula is C14H22N2O4S. The number of carboxylic acid groups (broad SMARTS) is 1. The SMILES string of the molecule is CCCC(C)Nc1ccc(C(=O)O)cc1S(=O)(=O)NCC. The summed E-state index contributed by atoms with van der Waals surface area (Å²) in [6, 6.07) is 4.18. The molecule has 0 spiro atoms. The van der Waals surface area contributed by atoms with Crippen molar-refractivity contribution in [2.24, 2.45) is 0 Å². The standard InChI is InChI=1S/C14H22N2O4S/c1-4-6-10(3)16-12-8-7-11(14(17)18)9-13(12)21(19,20)15-5-2/h7-10,15-16H,4-6H2,1-3H3,(H,17,18). The molecular weight excluding hydrogens is 292 g/mol. The molecule has 1 aromatic carbocycles. The van der Waals surface area contributed by atoms with Crippen LogP contribution in [0.4, 0.5) is 5.69 Å². The molecule has 0 heterocycles. The first-order valence-electron chi connectivity index (χ1n) is 6.95. The lowest BCUT2D eigenvalue weighted by molar-refractivity contribution is 0.0696. The van der Waals surface area contributed by atoms with Gasteiger partial charge in [0.05, 0.1) is 11.3 Å². The van der Waals surface area contributed by atoms with E-state index >= 15 is 0 Å². The van der Waals surface area contributed by atoms with Crippen molar-refractivity contribution in [3.63, 3.8) is 0 Å². The van der Waals surface area contributed by atoms with Crippen molar-refractivity contribution in [2.75, 3.05) is 11.9 Å². The number of aromatic carboxylic acids is 1. The maximum absolute atomic E-state index is 12.2. The van der Waals surface area contributed by atoms with Crippen LogP contribution >= 0.6 is 0 Å². The third-order valence-electron chi connectivity index (χ3n) is 2.98. The second-order valence-electron chi connectivity index (χ2n) is 4.85. The number of sulfonamides is 1. The Kier molecular flexibility index (Phi) is 6.17. The van der Waals surface area contributed by atoms with E-state index in [9.17, 15) is 13.2 Å². The quantitative estimate of drug-likeness (QED) is 0.684. The Balaban J connectivity index is 3.27. The molecule has 0 aromatic heterocycles. The number of hydrogen-bond acceptors (Lipinski definition) is 4. The van der Waals surface area contributed by atoms with Gasteiger partial charge in [-0.15, -0.1) is 0 Å². The maximum atomic E-state index is 12.2. The van der Waals surface area contributed by atoms with Crippen LogP contribution in [0.3, 0.4) is 0 Å². The van der Waals surface area contributed by atoms with Gasteiger partial charge in [0.25, 0.3) is 0 Å². The van der Waals surface area contributed by atoms with Crippen molar-refractivity contribution >= 4 is 21.7 Å². The average Bonchev–Trinajstić information content (AvgIpc) is 2.38. The Morgan fingerprint density at radius 3 is 2.52 bits per heavy atom. The van der Waals surface area contributed by atoms with E-state index in [1.807, 2.05) is 13.8 Å². The van der Waals surface area contributed by atoms with Crippen molar-refractivity contribution in [1.82, 2.24) is 4.72 Å². The first kappa shape index (κ1) is 17.5. The Hall–Kier alpha value is -1.60. The van der Waals surface area contributed by atoms with Gasteiger partial charge in [0.2, 0.25) is 10.0 Å². The molecule has 0 aliphatic carbocycles. The van der Waals surface area contributed by atoms with Crippen LogP contribution in [0.15, 0.2) is 23.1 Å². The van der Waals surface area contributed by atoms with Crippen molar-refractivity contribution in [1.29, 1.82) is 0 Å². The highest BCUT2D eigenvalue weighted by molar-refractivity contribution is 7.89. The van der Waals surface area contributed by atoms with Crippen LogP contribution < -0.4 is 10.0 Å². The molecule has 0 radical (unpaired) electrons. The van der Waals surface area contributed by atoms with Gasteiger partial charge in [-0.2, -0.15) is 0 Å². The number of nitrogens with one attached hydrogen (secondary N) is 2. The third kappa shape index (κ3) is 4.71. The van der Waals surface area contributed by atoms with Crippen LogP contribution in [0.2, 0.25) is 0 Å². The van der Waals surface area contributed by atoms with Crippen molar-refractivity contribution in [3.8, 4) is 0 Å². The highest BCUT2D eigenvalue weighted by atomic mass is 32.2. The van der Waals surface area contributed by atoms with Gasteiger partial charge in [-0.25, -0.2) is 17.9 Å². The zero-order valence-corrected chi connectivity index (χ0v) is 13.3. The van der Waals surface area contributed by atoms with Gasteiger partial charge in [0.15, 0.2) is 0 Å². The van der Waals surface area contributed by atoms with Crippen LogP contribution in [0.25, 0.3) is 0 Å². The predicted octanol–water partition coefficient (Wildman–Crippen LogP) is 2.28. The summed E-state index contributed by atoms with van der Waals surface area (Å²) in [7, 11) is -3.73. The molecule has 0 amide bonds. The molecule has 1 aromatic rings. The summed E-state index contributed by atoms with van der Waals surface area (Å²) >= 11 is 0. The summed E-state index contributed by atoms with van der Waals surface area (Å²) in [6.07, 6.45) is 1.86. The zero-order valence-electron chi connectivity index (χ0n) is 12.5. The van der Waals surface area contributed by atoms with Crippen LogP contribution in [-0.4, -0.2) is 32.1 Å². The fraction of sp³-hybridized carbons (Fsp3) is 0.500. The lowest BCUT2D eigenvalue weighted by atomic mass is 10.1. The van der Waals surface area contributed by atoms with E-state index in [1.54, 1.807) is 6.92 Å². The van der Waals surface area contributed by atoms with Gasteiger partial charge in [0, 0.05) is 12.6 Å². The molecule has 6 nitrogen and oxygen atoms in total. The fourth-order valence-corrected chi connectivity index (χ4v) is 3.27. The van der Waals surface area contributed by atoms with Gasteiger partial charge < -0.3 is 10.4 Å². The van der Waals surface area contributed by atoms with E-state index < -0.39 is 16.0 Å². The van der Waals surface area contributed by atoms with E-state index in [-0.39, 0.29) is 23.0 Å². The summed E-state index contributed by atoms with van der Waals surface area (Å²) in [6.45, 7) is 5.91. The third-order valence-corrected chi connectivity index (χ3v) is 4.56. The topological polar surface area (TPSA) is 95.5 Å². The number of benzene rings is 1. The van der Waals surface area contributed by atoms with E-state index in [0.29, 0.717) is 5.69 Å². The molecule has 0 fully saturated rings. The molecule has 0 bridgehead atoms. The molecule has 0 saturated carbocycles. The highest BCUT2D eigenvalue weighted by Gasteiger charge is 2.20. The second kappa shape index (κ2) is 7.42. The Bertz CT molecular complexity index is 599. The molecule has 1 atom stereocenters. The van der Waals surface area contributed by atoms with Crippen molar-refractivity contribution in [3.05, 3.63) is 23.8 Å². The lowest BCUT2D eigenvalue weighted by Gasteiger charge is -2.18. The van der Waals surface area contributed by atoms with Gasteiger partial charge >= 0.3 is 5.97 Å². The van der Waals surface area contributed by atoms with Crippen LogP contribution in [0, 0.1) is 0 Å². The minimum absolute atomic E-state index is 0.0350. The van der Waals surface area contributed by atoms with Gasteiger partial charge in [-0.3, -0.25) is 0 Å². The molecule has 3 N–H and O–H groups in total. The van der Waals surface area contributed by atoms with E-state index in [2.05, 4.69) is 10.0 Å². The largest absolute Gasteiger partial charge is 0.478 e. The van der Waals surface area contributed by atoms with E-state index in [4.69, 9.17) is 5.11 Å². The Morgan fingerprint density at radius 2 is 2.00 bits per heavy atom. The normalized spacial score (nSPS) is 12.9. The van der Waals surface area contributed by atoms with Crippen molar-refractivity contribution in [2.45, 2.75) is 44.6 Å². The first-order valence-corrected chi connectivity index (χ1v) is 8.43. The lowest BCUT2D eigenvalue weighted by Crippen LogP contribution is -2.26.